The molecule has 1 aromatic carbocycles. The Labute approximate surface area is 109 Å². The fourth-order valence-electron chi connectivity index (χ4n) is 1.96. The number of carboxylic acid groups (broad SMARTS) is 1. The lowest BCUT2D eigenvalue weighted by atomic mass is 10.1. The summed E-state index contributed by atoms with van der Waals surface area (Å²) in [5, 5.41) is 9.21. The quantitative estimate of drug-likeness (QED) is 0.867. The van der Waals surface area contributed by atoms with Crippen molar-refractivity contribution in [3.05, 3.63) is 35.9 Å². The number of rotatable bonds is 6. The SMILES string of the molecule is CCCN(CC(F)(F)F)C(C(=O)O)c1ccccc1. The molecule has 19 heavy (non-hydrogen) atoms. The number of nitrogens with zero attached hydrogens (tertiary/aromatic N) is 1. The Balaban J connectivity index is 3.03. The highest BCUT2D eigenvalue weighted by molar-refractivity contribution is 5.75. The maximum absolute atomic E-state index is 12.5. The molecule has 0 amide bonds. The highest BCUT2D eigenvalue weighted by Gasteiger charge is 2.36. The van der Waals surface area contributed by atoms with Crippen LogP contribution in [-0.4, -0.2) is 35.2 Å². The van der Waals surface area contributed by atoms with Crippen molar-refractivity contribution in [1.29, 1.82) is 0 Å². The van der Waals surface area contributed by atoms with Gasteiger partial charge in [0.2, 0.25) is 0 Å². The molecule has 106 valence electrons. The average Bonchev–Trinajstić information content (AvgIpc) is 2.28. The van der Waals surface area contributed by atoms with E-state index in [0.717, 1.165) is 4.90 Å². The molecule has 1 unspecified atom stereocenters. The van der Waals surface area contributed by atoms with Gasteiger partial charge in [0.25, 0.3) is 0 Å². The third-order valence-electron chi connectivity index (χ3n) is 2.61. The number of carboxylic acids is 1. The fourth-order valence-corrected chi connectivity index (χ4v) is 1.96. The molecule has 1 N–H and O–H groups in total. The summed E-state index contributed by atoms with van der Waals surface area (Å²) in [6.45, 7) is 0.561. The van der Waals surface area contributed by atoms with E-state index in [1.165, 1.54) is 12.1 Å². The van der Waals surface area contributed by atoms with Crippen LogP contribution in [0.1, 0.15) is 24.9 Å². The Morgan fingerprint density at radius 2 is 1.89 bits per heavy atom. The lowest BCUT2D eigenvalue weighted by Gasteiger charge is -2.29. The summed E-state index contributed by atoms with van der Waals surface area (Å²) in [6.07, 6.45) is -3.97. The normalized spacial score (nSPS) is 13.5. The molecule has 0 bridgehead atoms. The summed E-state index contributed by atoms with van der Waals surface area (Å²) in [5.41, 5.74) is 0.354. The van der Waals surface area contributed by atoms with Crippen molar-refractivity contribution in [3.8, 4) is 0 Å². The van der Waals surface area contributed by atoms with Crippen molar-refractivity contribution in [2.24, 2.45) is 0 Å². The molecule has 1 atom stereocenters. The zero-order valence-electron chi connectivity index (χ0n) is 10.5. The minimum atomic E-state index is -4.42. The topological polar surface area (TPSA) is 40.5 Å². The van der Waals surface area contributed by atoms with Gasteiger partial charge < -0.3 is 5.11 Å². The van der Waals surface area contributed by atoms with Crippen molar-refractivity contribution in [2.75, 3.05) is 13.1 Å². The molecule has 1 rings (SSSR count). The van der Waals surface area contributed by atoms with Crippen LogP contribution in [0.25, 0.3) is 0 Å². The number of hydrogen-bond donors (Lipinski definition) is 1. The van der Waals surface area contributed by atoms with E-state index in [4.69, 9.17) is 0 Å². The van der Waals surface area contributed by atoms with Gasteiger partial charge in [-0.1, -0.05) is 37.3 Å². The Morgan fingerprint density at radius 1 is 1.32 bits per heavy atom. The monoisotopic (exact) mass is 275 g/mol. The zero-order valence-corrected chi connectivity index (χ0v) is 10.5. The lowest BCUT2D eigenvalue weighted by Crippen LogP contribution is -2.41. The summed E-state index contributed by atoms with van der Waals surface area (Å²) < 4.78 is 37.6. The summed E-state index contributed by atoms with van der Waals surface area (Å²) in [6, 6.07) is 6.69. The molecule has 0 saturated carbocycles. The van der Waals surface area contributed by atoms with Gasteiger partial charge in [-0.25, -0.2) is 0 Å². The molecule has 0 aliphatic carbocycles. The first kappa shape index (κ1) is 15.5. The van der Waals surface area contributed by atoms with Gasteiger partial charge in [-0.15, -0.1) is 0 Å². The molecule has 1 aromatic rings. The average molecular weight is 275 g/mol. The lowest BCUT2D eigenvalue weighted by molar-refractivity contribution is -0.162. The Morgan fingerprint density at radius 3 is 2.32 bits per heavy atom. The predicted molar refractivity (Wildman–Crippen MR) is 64.7 cm³/mol. The van der Waals surface area contributed by atoms with E-state index < -0.39 is 24.7 Å². The van der Waals surface area contributed by atoms with Gasteiger partial charge in [-0.3, -0.25) is 9.69 Å². The van der Waals surface area contributed by atoms with Gasteiger partial charge >= 0.3 is 12.1 Å². The molecule has 0 radical (unpaired) electrons. The second kappa shape index (κ2) is 6.56. The van der Waals surface area contributed by atoms with Crippen LogP contribution in [-0.2, 0) is 4.79 Å². The molecule has 6 heteroatoms. The van der Waals surface area contributed by atoms with Crippen LogP contribution in [0.3, 0.4) is 0 Å². The van der Waals surface area contributed by atoms with E-state index in [2.05, 4.69) is 0 Å². The van der Waals surface area contributed by atoms with Crippen LogP contribution >= 0.6 is 0 Å². The van der Waals surface area contributed by atoms with Gasteiger partial charge in [-0.2, -0.15) is 13.2 Å². The smallest absolute Gasteiger partial charge is 0.401 e. The highest BCUT2D eigenvalue weighted by Crippen LogP contribution is 2.26. The molecule has 0 aromatic heterocycles. The van der Waals surface area contributed by atoms with E-state index in [1.54, 1.807) is 25.1 Å². The summed E-state index contributed by atoms with van der Waals surface area (Å²) >= 11 is 0. The minimum Gasteiger partial charge on any atom is -0.480 e. The second-order valence-corrected chi connectivity index (χ2v) is 4.24. The summed E-state index contributed by atoms with van der Waals surface area (Å²) in [7, 11) is 0. The molecule has 0 saturated heterocycles. The van der Waals surface area contributed by atoms with Crippen LogP contribution in [0.5, 0.6) is 0 Å². The number of benzene rings is 1. The Bertz CT molecular complexity index is 406. The van der Waals surface area contributed by atoms with Crippen LogP contribution in [0, 0.1) is 0 Å². The van der Waals surface area contributed by atoms with Crippen LogP contribution in [0.4, 0.5) is 13.2 Å². The van der Waals surface area contributed by atoms with E-state index in [1.807, 2.05) is 0 Å². The van der Waals surface area contributed by atoms with Crippen LogP contribution in [0.15, 0.2) is 30.3 Å². The van der Waals surface area contributed by atoms with Crippen LogP contribution in [0.2, 0.25) is 0 Å². The third kappa shape index (κ3) is 4.90. The highest BCUT2D eigenvalue weighted by atomic mass is 19.4. The molecule has 0 aliphatic rings. The maximum atomic E-state index is 12.5. The first-order chi connectivity index (χ1) is 8.85. The first-order valence-corrected chi connectivity index (χ1v) is 5.93. The van der Waals surface area contributed by atoms with Gasteiger partial charge in [0.15, 0.2) is 0 Å². The van der Waals surface area contributed by atoms with Crippen LogP contribution < -0.4 is 0 Å². The number of hydrogen-bond acceptors (Lipinski definition) is 2. The van der Waals surface area contributed by atoms with E-state index in [9.17, 15) is 23.1 Å². The number of alkyl halides is 3. The standard InChI is InChI=1S/C13H16F3NO2/c1-2-8-17(9-13(14,15)16)11(12(18)19)10-6-4-3-5-7-10/h3-7,11H,2,8-9H2,1H3,(H,18,19). The number of aliphatic carboxylic acids is 1. The Kier molecular flexibility index (Phi) is 5.35. The number of halogens is 3. The summed E-state index contributed by atoms with van der Waals surface area (Å²) in [4.78, 5) is 12.2. The second-order valence-electron chi connectivity index (χ2n) is 4.24. The largest absolute Gasteiger partial charge is 0.480 e. The molecular weight excluding hydrogens is 259 g/mol. The van der Waals surface area contributed by atoms with Gasteiger partial charge in [-0.05, 0) is 18.5 Å². The fraction of sp³-hybridized carbons (Fsp3) is 0.462. The molecular formula is C13H16F3NO2. The number of carbonyl (C=O) groups is 1. The van der Waals surface area contributed by atoms with Gasteiger partial charge in [0.1, 0.15) is 6.04 Å². The molecule has 0 aliphatic heterocycles. The van der Waals surface area contributed by atoms with Crippen molar-refractivity contribution < 1.29 is 23.1 Å². The van der Waals surface area contributed by atoms with Gasteiger partial charge in [0.05, 0.1) is 6.54 Å². The van der Waals surface area contributed by atoms with Crippen molar-refractivity contribution in [1.82, 2.24) is 4.90 Å². The molecule has 0 heterocycles. The molecule has 0 fully saturated rings. The van der Waals surface area contributed by atoms with Crippen molar-refractivity contribution >= 4 is 5.97 Å². The summed E-state index contributed by atoms with van der Waals surface area (Å²) in [5.74, 6) is -1.27. The van der Waals surface area contributed by atoms with Crippen molar-refractivity contribution in [3.63, 3.8) is 0 Å². The molecule has 0 spiro atoms. The van der Waals surface area contributed by atoms with Crippen molar-refractivity contribution in [2.45, 2.75) is 25.6 Å². The Hall–Kier alpha value is -1.56. The maximum Gasteiger partial charge on any atom is 0.401 e. The molecule has 3 nitrogen and oxygen atoms in total. The third-order valence-corrected chi connectivity index (χ3v) is 2.61. The zero-order chi connectivity index (χ0) is 14.5. The minimum absolute atomic E-state index is 0.0748. The van der Waals surface area contributed by atoms with E-state index in [0.29, 0.717) is 12.0 Å². The van der Waals surface area contributed by atoms with Gasteiger partial charge in [0, 0.05) is 0 Å². The van der Waals surface area contributed by atoms with E-state index in [-0.39, 0.29) is 6.54 Å². The predicted octanol–water partition coefficient (Wildman–Crippen LogP) is 3.09. The first-order valence-electron chi connectivity index (χ1n) is 5.93. The van der Waals surface area contributed by atoms with E-state index >= 15 is 0 Å².